The molecule has 0 heterocycles. The minimum atomic E-state index is 0.333. The quantitative estimate of drug-likeness (QED) is 0.451. The number of aliphatic hydroxyl groups excluding tert-OH is 1. The molecule has 1 N–H and O–H groups in total. The maximum atomic E-state index is 9.47. The van der Waals surface area contributed by atoms with Crippen LogP contribution in [0.1, 0.15) is 86.0 Å². The Morgan fingerprint density at radius 1 is 1.15 bits per heavy atom. The van der Waals surface area contributed by atoms with E-state index in [9.17, 15) is 5.11 Å². The Kier molecular flexibility index (Phi) is 7.06. The molecule has 2 saturated carbocycles. The number of hydrogen-bond acceptors (Lipinski definition) is 1. The van der Waals surface area contributed by atoms with Crippen LogP contribution in [-0.2, 0) is 0 Å². The van der Waals surface area contributed by atoms with Gasteiger partial charge in [-0.15, -0.1) is 12.8 Å². The molecule has 0 aromatic rings. The number of rotatable bonds is 4. The van der Waals surface area contributed by atoms with Crippen LogP contribution in [0, 0.1) is 53.3 Å². The van der Waals surface area contributed by atoms with Crippen LogP contribution in [0.15, 0.2) is 11.6 Å². The second-order valence-corrected chi connectivity index (χ2v) is 10.1. The minimum absolute atomic E-state index is 0.333. The summed E-state index contributed by atoms with van der Waals surface area (Å²) in [5, 5.41) is 9.47. The molecule has 1 heteroatoms. The summed E-state index contributed by atoms with van der Waals surface area (Å²) in [6, 6.07) is 0. The fourth-order valence-corrected chi connectivity index (χ4v) is 6.73. The fraction of sp³-hybridized carbons (Fsp3) is 0.840. The predicted octanol–water partition coefficient (Wildman–Crippen LogP) is 6.47. The summed E-state index contributed by atoms with van der Waals surface area (Å²) in [5.74, 6) is 3.62. The van der Waals surface area contributed by atoms with Crippen molar-refractivity contribution in [3.05, 3.63) is 11.6 Å². The van der Waals surface area contributed by atoms with Crippen molar-refractivity contribution in [1.82, 2.24) is 0 Å². The van der Waals surface area contributed by atoms with E-state index < -0.39 is 0 Å². The predicted molar refractivity (Wildman–Crippen MR) is 113 cm³/mol. The van der Waals surface area contributed by atoms with Gasteiger partial charge in [-0.2, -0.15) is 0 Å². The summed E-state index contributed by atoms with van der Waals surface area (Å²) in [6.45, 7) is 12.7. The molecule has 0 aromatic carbocycles. The highest BCUT2D eigenvalue weighted by atomic mass is 16.3. The van der Waals surface area contributed by atoms with Gasteiger partial charge in [0.05, 0.1) is 0 Å². The van der Waals surface area contributed by atoms with Crippen molar-refractivity contribution in [1.29, 1.82) is 0 Å². The molecule has 0 amide bonds. The van der Waals surface area contributed by atoms with Crippen molar-refractivity contribution in [3.63, 3.8) is 0 Å². The van der Waals surface area contributed by atoms with Crippen LogP contribution in [0.5, 0.6) is 0 Å². The van der Waals surface area contributed by atoms with E-state index >= 15 is 0 Å². The molecule has 0 aliphatic heterocycles. The first-order chi connectivity index (χ1) is 12.3. The Bertz CT molecular complexity index is 517. The largest absolute Gasteiger partial charge is 0.396 e. The molecule has 148 valence electrons. The molecular weight excluding hydrogens is 316 g/mol. The van der Waals surface area contributed by atoms with Gasteiger partial charge >= 0.3 is 0 Å². The Morgan fingerprint density at radius 3 is 2.50 bits per heavy atom. The number of terminal acetylenes is 1. The third kappa shape index (κ3) is 3.64. The maximum Gasteiger partial charge on any atom is 0.0456 e. The van der Waals surface area contributed by atoms with Crippen molar-refractivity contribution in [3.8, 4) is 12.8 Å². The van der Waals surface area contributed by atoms with Crippen LogP contribution in [0.25, 0.3) is 0 Å². The molecule has 0 aromatic heterocycles. The third-order valence-electron chi connectivity index (χ3n) is 8.94. The van der Waals surface area contributed by atoms with E-state index in [1.807, 2.05) is 5.57 Å². The first-order valence-corrected chi connectivity index (χ1v) is 11.0. The molecule has 3 rings (SSSR count). The zero-order valence-electron chi connectivity index (χ0n) is 17.9. The third-order valence-corrected chi connectivity index (χ3v) is 8.94. The van der Waals surface area contributed by atoms with Crippen LogP contribution in [0.4, 0.5) is 0 Å². The average Bonchev–Trinajstić information content (AvgIpc) is 2.65. The Morgan fingerprint density at radius 2 is 1.85 bits per heavy atom. The lowest BCUT2D eigenvalue weighted by atomic mass is 9.47. The van der Waals surface area contributed by atoms with E-state index in [4.69, 9.17) is 0 Å². The smallest absolute Gasteiger partial charge is 0.0456 e. The van der Waals surface area contributed by atoms with Crippen molar-refractivity contribution >= 4 is 0 Å². The molecule has 26 heavy (non-hydrogen) atoms. The number of aliphatic hydroxyl groups is 1. The lowest BCUT2D eigenvalue weighted by Crippen LogP contribution is -2.49. The second kappa shape index (κ2) is 8.52. The van der Waals surface area contributed by atoms with E-state index in [0.717, 1.165) is 18.3 Å². The van der Waals surface area contributed by atoms with Gasteiger partial charge in [-0.1, -0.05) is 59.1 Å². The van der Waals surface area contributed by atoms with E-state index in [2.05, 4.69) is 53.5 Å². The van der Waals surface area contributed by atoms with Gasteiger partial charge in [-0.25, -0.2) is 0 Å². The summed E-state index contributed by atoms with van der Waals surface area (Å²) in [4.78, 5) is 0. The number of allylic oxidation sites excluding steroid dienone is 2. The van der Waals surface area contributed by atoms with Crippen molar-refractivity contribution in [2.45, 2.75) is 86.0 Å². The minimum Gasteiger partial charge on any atom is -0.396 e. The van der Waals surface area contributed by atoms with Gasteiger partial charge in [0.1, 0.15) is 0 Å². The second-order valence-electron chi connectivity index (χ2n) is 10.1. The van der Waals surface area contributed by atoms with Crippen LogP contribution < -0.4 is 0 Å². The van der Waals surface area contributed by atoms with Gasteiger partial charge in [-0.05, 0) is 78.9 Å². The molecule has 5 unspecified atom stereocenters. The molecule has 1 nitrogen and oxygen atoms in total. The van der Waals surface area contributed by atoms with Crippen LogP contribution in [0.3, 0.4) is 0 Å². The van der Waals surface area contributed by atoms with Crippen molar-refractivity contribution < 1.29 is 5.11 Å². The van der Waals surface area contributed by atoms with E-state index in [1.165, 1.54) is 44.9 Å². The topological polar surface area (TPSA) is 20.2 Å². The maximum absolute atomic E-state index is 9.47. The van der Waals surface area contributed by atoms with Gasteiger partial charge in [0.25, 0.3) is 0 Å². The summed E-state index contributed by atoms with van der Waals surface area (Å²) < 4.78 is 0. The van der Waals surface area contributed by atoms with Gasteiger partial charge in [0, 0.05) is 6.61 Å². The normalized spacial score (nSPS) is 41.5. The molecule has 0 radical (unpaired) electrons. The van der Waals surface area contributed by atoms with Gasteiger partial charge in [0.2, 0.25) is 0 Å². The monoisotopic (exact) mass is 358 g/mol. The Balaban J connectivity index is 0.00000117. The summed E-state index contributed by atoms with van der Waals surface area (Å²) >= 11 is 0. The van der Waals surface area contributed by atoms with Gasteiger partial charge < -0.3 is 5.11 Å². The summed E-state index contributed by atoms with van der Waals surface area (Å²) in [5.41, 5.74) is 2.80. The lowest BCUT2D eigenvalue weighted by Gasteiger charge is -2.58. The molecule has 0 spiro atoms. The molecule has 7 atom stereocenters. The van der Waals surface area contributed by atoms with Gasteiger partial charge in [-0.3, -0.25) is 0 Å². The Hall–Kier alpha value is -0.740. The van der Waals surface area contributed by atoms with E-state index in [0.29, 0.717) is 35.2 Å². The number of hydrogen-bond donors (Lipinski definition) is 1. The fourth-order valence-electron chi connectivity index (χ4n) is 6.73. The van der Waals surface area contributed by atoms with Crippen molar-refractivity contribution in [2.75, 3.05) is 6.61 Å². The van der Waals surface area contributed by atoms with Crippen LogP contribution >= 0.6 is 0 Å². The lowest BCUT2D eigenvalue weighted by molar-refractivity contribution is -0.0163. The first-order valence-electron chi connectivity index (χ1n) is 11.0. The number of fused-ring (bicyclic) bond motifs is 3. The highest BCUT2D eigenvalue weighted by Gasteiger charge is 2.52. The van der Waals surface area contributed by atoms with Crippen LogP contribution in [0.2, 0.25) is 0 Å². The first kappa shape index (κ1) is 21.6. The SMILES string of the molecule is C#C.CC(CO)CC(C)[C@@]1(C)CCC2C(=CCC3CCCC[C@@]32C)C1C. The zero-order valence-corrected chi connectivity index (χ0v) is 17.9. The molecule has 0 saturated heterocycles. The van der Waals surface area contributed by atoms with Crippen molar-refractivity contribution in [2.24, 2.45) is 40.4 Å². The molecule has 0 bridgehead atoms. The summed E-state index contributed by atoms with van der Waals surface area (Å²) in [6.07, 6.45) is 21.8. The molecule has 2 fully saturated rings. The summed E-state index contributed by atoms with van der Waals surface area (Å²) in [7, 11) is 0. The Labute approximate surface area is 163 Å². The highest BCUT2D eigenvalue weighted by molar-refractivity contribution is 5.25. The van der Waals surface area contributed by atoms with E-state index in [-0.39, 0.29) is 0 Å². The van der Waals surface area contributed by atoms with Crippen LogP contribution in [-0.4, -0.2) is 11.7 Å². The molecular formula is C25H42O. The van der Waals surface area contributed by atoms with Gasteiger partial charge in [0.15, 0.2) is 0 Å². The van der Waals surface area contributed by atoms with E-state index in [1.54, 1.807) is 0 Å². The molecule has 3 aliphatic carbocycles. The standard InChI is InChI=1S/C23H40O.C2H2/c1-16(15-24)14-17(2)22(4)13-11-21-20(18(22)3)10-9-19-8-6-7-12-23(19,21)5;1-2/h10,16-19,21,24H,6-9,11-15H2,1-5H3;1-2H/t16?,17?,18?,19?,21?,22-,23+;/m1./s1. The molecule has 3 aliphatic rings. The highest BCUT2D eigenvalue weighted by Crippen LogP contribution is 2.62. The average molecular weight is 359 g/mol. The zero-order chi connectivity index (χ0) is 19.5.